The van der Waals surface area contributed by atoms with Crippen LogP contribution in [0.15, 0.2) is 12.4 Å². The van der Waals surface area contributed by atoms with E-state index in [1.165, 1.54) is 12.8 Å². The van der Waals surface area contributed by atoms with E-state index in [-0.39, 0.29) is 6.54 Å². The molecule has 6 heteroatoms. The van der Waals surface area contributed by atoms with Crippen molar-refractivity contribution in [2.24, 2.45) is 5.73 Å². The highest BCUT2D eigenvalue weighted by Crippen LogP contribution is 2.18. The molecule has 0 saturated carbocycles. The average Bonchev–Trinajstić information content (AvgIpc) is 2.91. The van der Waals surface area contributed by atoms with E-state index in [0.29, 0.717) is 11.5 Å². The summed E-state index contributed by atoms with van der Waals surface area (Å²) in [6.07, 6.45) is 3.43. The van der Waals surface area contributed by atoms with Gasteiger partial charge in [-0.1, -0.05) is 0 Å². The first-order valence-corrected chi connectivity index (χ1v) is 5.85. The van der Waals surface area contributed by atoms with Crippen molar-refractivity contribution in [3.8, 4) is 0 Å². The van der Waals surface area contributed by atoms with Crippen molar-refractivity contribution in [3.05, 3.63) is 18.0 Å². The summed E-state index contributed by atoms with van der Waals surface area (Å²) in [4.78, 5) is 10.5. The average molecular weight is 238 g/mol. The summed E-state index contributed by atoms with van der Waals surface area (Å²) >= 11 is 0. The lowest BCUT2D eigenvalue weighted by molar-refractivity contribution is 0.0239. The van der Waals surface area contributed by atoms with Crippen LogP contribution in [0.1, 0.15) is 24.5 Å². The van der Waals surface area contributed by atoms with E-state index < -0.39 is 12.2 Å². The Hall–Kier alpha value is -1.24. The van der Waals surface area contributed by atoms with E-state index in [9.17, 15) is 10.2 Å². The number of hydrogen-bond donors (Lipinski definition) is 3. The minimum Gasteiger partial charge on any atom is -0.389 e. The third-order valence-electron chi connectivity index (χ3n) is 2.99. The zero-order chi connectivity index (χ0) is 12.3. The molecular weight excluding hydrogens is 220 g/mol. The standard InChI is InChI=1S/C11H18N4O2/c12-5-9(16)10(17)8-6-13-11(14-7-8)15-3-1-2-4-15/h6-7,9-10,16-17H,1-5,12H2. The zero-order valence-corrected chi connectivity index (χ0v) is 9.66. The fourth-order valence-electron chi connectivity index (χ4n) is 1.92. The largest absolute Gasteiger partial charge is 0.389 e. The van der Waals surface area contributed by atoms with Gasteiger partial charge in [-0.2, -0.15) is 0 Å². The van der Waals surface area contributed by atoms with Gasteiger partial charge in [0.1, 0.15) is 6.10 Å². The highest BCUT2D eigenvalue weighted by Gasteiger charge is 2.19. The minimum atomic E-state index is -1.02. The van der Waals surface area contributed by atoms with E-state index in [1.54, 1.807) is 12.4 Å². The Morgan fingerprint density at radius 2 is 1.82 bits per heavy atom. The van der Waals surface area contributed by atoms with E-state index in [4.69, 9.17) is 5.73 Å². The second-order valence-electron chi connectivity index (χ2n) is 4.26. The minimum absolute atomic E-state index is 0.00897. The van der Waals surface area contributed by atoms with E-state index in [0.717, 1.165) is 13.1 Å². The molecule has 1 aliphatic heterocycles. The summed E-state index contributed by atoms with van der Waals surface area (Å²) in [5.41, 5.74) is 5.77. The quantitative estimate of drug-likeness (QED) is 0.650. The Labute approximate surface area is 100 Å². The molecule has 2 rings (SSSR count). The molecule has 0 radical (unpaired) electrons. The van der Waals surface area contributed by atoms with Crippen LogP contribution in [0.2, 0.25) is 0 Å². The molecule has 0 aliphatic carbocycles. The summed E-state index contributed by atoms with van der Waals surface area (Å²) in [6.45, 7) is 1.97. The summed E-state index contributed by atoms with van der Waals surface area (Å²) in [7, 11) is 0. The molecule has 0 spiro atoms. The summed E-state index contributed by atoms with van der Waals surface area (Å²) in [5, 5.41) is 19.1. The topological polar surface area (TPSA) is 95.5 Å². The highest BCUT2D eigenvalue weighted by atomic mass is 16.3. The van der Waals surface area contributed by atoms with E-state index in [2.05, 4.69) is 14.9 Å². The number of aromatic nitrogens is 2. The first kappa shape index (κ1) is 12.2. The fourth-order valence-corrected chi connectivity index (χ4v) is 1.92. The van der Waals surface area contributed by atoms with Gasteiger partial charge in [-0.25, -0.2) is 9.97 Å². The zero-order valence-electron chi connectivity index (χ0n) is 9.66. The van der Waals surface area contributed by atoms with Crippen LogP contribution >= 0.6 is 0 Å². The Morgan fingerprint density at radius 3 is 2.35 bits per heavy atom. The first-order valence-electron chi connectivity index (χ1n) is 5.85. The molecule has 1 aromatic rings. The maximum atomic E-state index is 9.72. The van der Waals surface area contributed by atoms with E-state index >= 15 is 0 Å². The van der Waals surface area contributed by atoms with Crippen LogP contribution in [0, 0.1) is 0 Å². The third kappa shape index (κ3) is 2.71. The monoisotopic (exact) mass is 238 g/mol. The predicted molar refractivity (Wildman–Crippen MR) is 63.5 cm³/mol. The fraction of sp³-hybridized carbons (Fsp3) is 0.636. The lowest BCUT2D eigenvalue weighted by atomic mass is 10.1. The lowest BCUT2D eigenvalue weighted by Gasteiger charge is -2.18. The molecule has 0 amide bonds. The molecule has 0 aromatic carbocycles. The molecule has 17 heavy (non-hydrogen) atoms. The van der Waals surface area contributed by atoms with E-state index in [1.807, 2.05) is 0 Å². The second-order valence-corrected chi connectivity index (χ2v) is 4.26. The summed E-state index contributed by atoms with van der Waals surface area (Å²) < 4.78 is 0. The van der Waals surface area contributed by atoms with Crippen LogP contribution in [0.4, 0.5) is 5.95 Å². The Bertz CT molecular complexity index is 351. The van der Waals surface area contributed by atoms with Gasteiger partial charge in [-0.05, 0) is 12.8 Å². The number of hydrogen-bond acceptors (Lipinski definition) is 6. The van der Waals surface area contributed by atoms with Crippen LogP contribution in [0.25, 0.3) is 0 Å². The van der Waals surface area contributed by atoms with Gasteiger partial charge in [-0.15, -0.1) is 0 Å². The predicted octanol–water partition coefficient (Wildman–Crippen LogP) is -0.570. The van der Waals surface area contributed by atoms with Crippen molar-refractivity contribution in [2.75, 3.05) is 24.5 Å². The van der Waals surface area contributed by atoms with Crippen LogP contribution < -0.4 is 10.6 Å². The SMILES string of the molecule is NCC(O)C(O)c1cnc(N2CCCC2)nc1. The normalized spacial score (nSPS) is 19.4. The Kier molecular flexibility index (Phi) is 3.88. The number of nitrogens with zero attached hydrogens (tertiary/aromatic N) is 3. The van der Waals surface area contributed by atoms with Gasteiger partial charge >= 0.3 is 0 Å². The van der Waals surface area contributed by atoms with Crippen molar-refractivity contribution in [1.29, 1.82) is 0 Å². The molecule has 1 aliphatic rings. The third-order valence-corrected chi connectivity index (χ3v) is 2.99. The van der Waals surface area contributed by atoms with Crippen molar-refractivity contribution in [3.63, 3.8) is 0 Å². The van der Waals surface area contributed by atoms with Crippen LogP contribution in [0.3, 0.4) is 0 Å². The van der Waals surface area contributed by atoms with Crippen molar-refractivity contribution < 1.29 is 10.2 Å². The maximum Gasteiger partial charge on any atom is 0.225 e. The number of aliphatic hydroxyl groups is 2. The Morgan fingerprint density at radius 1 is 1.24 bits per heavy atom. The van der Waals surface area contributed by atoms with Gasteiger partial charge in [0, 0.05) is 37.6 Å². The van der Waals surface area contributed by atoms with Gasteiger partial charge in [0.15, 0.2) is 0 Å². The Balaban J connectivity index is 2.06. The molecule has 0 bridgehead atoms. The van der Waals surface area contributed by atoms with Crippen LogP contribution in [0.5, 0.6) is 0 Å². The molecule has 1 saturated heterocycles. The van der Waals surface area contributed by atoms with Gasteiger partial charge in [0.05, 0.1) is 6.10 Å². The van der Waals surface area contributed by atoms with Crippen LogP contribution in [-0.4, -0.2) is 45.9 Å². The number of anilines is 1. The molecule has 4 N–H and O–H groups in total. The number of aliphatic hydroxyl groups excluding tert-OH is 2. The highest BCUT2D eigenvalue weighted by molar-refractivity contribution is 5.31. The smallest absolute Gasteiger partial charge is 0.225 e. The number of rotatable bonds is 4. The molecule has 1 fully saturated rings. The van der Waals surface area contributed by atoms with Gasteiger partial charge in [0.25, 0.3) is 0 Å². The summed E-state index contributed by atoms with van der Waals surface area (Å²) in [5.74, 6) is 0.681. The first-order chi connectivity index (χ1) is 8.22. The molecule has 2 atom stereocenters. The maximum absolute atomic E-state index is 9.72. The van der Waals surface area contributed by atoms with Gasteiger partial charge in [0.2, 0.25) is 5.95 Å². The van der Waals surface area contributed by atoms with Crippen LogP contribution in [-0.2, 0) is 0 Å². The van der Waals surface area contributed by atoms with Gasteiger partial charge in [-0.3, -0.25) is 0 Å². The van der Waals surface area contributed by atoms with Gasteiger partial charge < -0.3 is 20.8 Å². The molecule has 6 nitrogen and oxygen atoms in total. The lowest BCUT2D eigenvalue weighted by Crippen LogP contribution is -2.27. The number of nitrogens with two attached hydrogens (primary N) is 1. The molecule has 2 unspecified atom stereocenters. The van der Waals surface area contributed by atoms with Crippen molar-refractivity contribution in [2.45, 2.75) is 25.0 Å². The second kappa shape index (κ2) is 5.39. The summed E-state index contributed by atoms with van der Waals surface area (Å²) in [6, 6.07) is 0. The molecular formula is C11H18N4O2. The van der Waals surface area contributed by atoms with Crippen molar-refractivity contribution >= 4 is 5.95 Å². The molecule has 94 valence electrons. The molecule has 1 aromatic heterocycles. The molecule has 2 heterocycles. The van der Waals surface area contributed by atoms with Crippen molar-refractivity contribution in [1.82, 2.24) is 9.97 Å².